The second-order valence-corrected chi connectivity index (χ2v) is 0.591. The summed E-state index contributed by atoms with van der Waals surface area (Å²) in [6.07, 6.45) is 0. The van der Waals surface area contributed by atoms with E-state index in [1.54, 1.807) is 6.07 Å². The summed E-state index contributed by atoms with van der Waals surface area (Å²) in [5.41, 5.74) is 0. The van der Waals surface area contributed by atoms with Crippen LogP contribution in [0.5, 0.6) is 0 Å². The monoisotopic (exact) mass is 72.0 g/mol. The maximum Gasteiger partial charge on any atom is 0.0360 e. The third-order valence-electron chi connectivity index (χ3n) is 0.0645. The minimum Gasteiger partial charge on any atom is -0.778 e. The van der Waals surface area contributed by atoms with Crippen molar-refractivity contribution in [3.05, 3.63) is 0 Å². The molecule has 0 aliphatic carbocycles. The minimum atomic E-state index is 0.208. The molecule has 0 aromatic rings. The molecule has 0 aliphatic heterocycles. The standard InChI is InChI=1S/C2H3NS/c3-1-2-4/h4H,2H2/p-1. The average molecular weight is 72.1 g/mol. The Hall–Kier alpha value is -0.160. The fraction of sp³-hybridized carbons (Fsp3) is 0.500. The Labute approximate surface area is 30.7 Å². The third kappa shape index (κ3) is 1.84. The SMILES string of the molecule is N#CC[S-]. The molecular formula is C2H2NS-. The van der Waals surface area contributed by atoms with Crippen molar-refractivity contribution in [3.63, 3.8) is 0 Å². The van der Waals surface area contributed by atoms with Crippen LogP contribution in [0, 0.1) is 11.3 Å². The van der Waals surface area contributed by atoms with Crippen molar-refractivity contribution in [2.75, 3.05) is 5.75 Å². The Kier molecular flexibility index (Phi) is 2.73. The number of nitriles is 1. The van der Waals surface area contributed by atoms with Gasteiger partial charge in [0.1, 0.15) is 0 Å². The summed E-state index contributed by atoms with van der Waals surface area (Å²) >= 11 is 4.19. The van der Waals surface area contributed by atoms with Crippen molar-refractivity contribution in [1.29, 1.82) is 5.26 Å². The second kappa shape index (κ2) is 2.84. The average Bonchev–Trinajstić information content (AvgIpc) is 1.37. The summed E-state index contributed by atoms with van der Waals surface area (Å²) < 4.78 is 0. The van der Waals surface area contributed by atoms with Gasteiger partial charge in [-0.15, -0.1) is 0 Å². The first-order valence-corrected chi connectivity index (χ1v) is 1.44. The molecule has 0 saturated carbocycles. The smallest absolute Gasteiger partial charge is 0.0360 e. The molecule has 0 atom stereocenters. The molecule has 4 heavy (non-hydrogen) atoms. The number of rotatable bonds is 0. The minimum absolute atomic E-state index is 0.208. The summed E-state index contributed by atoms with van der Waals surface area (Å²) in [6.45, 7) is 0. The Balaban J connectivity index is 2.43. The van der Waals surface area contributed by atoms with E-state index in [-0.39, 0.29) is 5.75 Å². The fourth-order valence-corrected chi connectivity index (χ4v) is 0. The van der Waals surface area contributed by atoms with E-state index in [0.717, 1.165) is 0 Å². The molecule has 0 heterocycles. The van der Waals surface area contributed by atoms with E-state index >= 15 is 0 Å². The van der Waals surface area contributed by atoms with E-state index in [4.69, 9.17) is 5.26 Å². The topological polar surface area (TPSA) is 23.8 Å². The van der Waals surface area contributed by atoms with Crippen molar-refractivity contribution in [3.8, 4) is 6.07 Å². The van der Waals surface area contributed by atoms with Crippen LogP contribution in [0.15, 0.2) is 0 Å². The summed E-state index contributed by atoms with van der Waals surface area (Å²) in [6, 6.07) is 1.75. The maximum absolute atomic E-state index is 7.52. The number of nitrogens with zero attached hydrogens (tertiary/aromatic N) is 1. The Bertz CT molecular complexity index is 35.8. The predicted octanol–water partition coefficient (Wildman–Crippen LogP) is 0.0569. The molecule has 0 bridgehead atoms. The molecule has 0 aromatic carbocycles. The molecule has 0 rings (SSSR count). The van der Waals surface area contributed by atoms with E-state index in [2.05, 4.69) is 12.6 Å². The summed E-state index contributed by atoms with van der Waals surface area (Å²) in [7, 11) is 0. The Morgan fingerprint density at radius 3 is 2.25 bits per heavy atom. The first-order chi connectivity index (χ1) is 1.91. The van der Waals surface area contributed by atoms with Crippen LogP contribution in [0.25, 0.3) is 0 Å². The van der Waals surface area contributed by atoms with Gasteiger partial charge >= 0.3 is 0 Å². The van der Waals surface area contributed by atoms with Crippen LogP contribution in [0.4, 0.5) is 0 Å². The highest BCUT2D eigenvalue weighted by molar-refractivity contribution is 7.58. The lowest BCUT2D eigenvalue weighted by Gasteiger charge is -1.75. The van der Waals surface area contributed by atoms with Crippen molar-refractivity contribution in [2.24, 2.45) is 0 Å². The molecule has 0 aromatic heterocycles. The Morgan fingerprint density at radius 2 is 2.25 bits per heavy atom. The van der Waals surface area contributed by atoms with Crippen LogP contribution in [0.2, 0.25) is 0 Å². The lowest BCUT2D eigenvalue weighted by atomic mass is 10.9. The van der Waals surface area contributed by atoms with Gasteiger partial charge in [0.25, 0.3) is 0 Å². The molecule has 0 aliphatic rings. The zero-order chi connectivity index (χ0) is 3.41. The van der Waals surface area contributed by atoms with Crippen molar-refractivity contribution in [1.82, 2.24) is 0 Å². The molecule has 0 radical (unpaired) electrons. The summed E-state index contributed by atoms with van der Waals surface area (Å²) in [5, 5.41) is 7.52. The molecule has 0 amide bonds. The quantitative estimate of drug-likeness (QED) is 0.378. The van der Waals surface area contributed by atoms with Crippen molar-refractivity contribution < 1.29 is 0 Å². The highest BCUT2D eigenvalue weighted by atomic mass is 32.1. The van der Waals surface area contributed by atoms with Crippen LogP contribution in [-0.4, -0.2) is 5.75 Å². The van der Waals surface area contributed by atoms with E-state index in [1.807, 2.05) is 0 Å². The van der Waals surface area contributed by atoms with Crippen LogP contribution in [-0.2, 0) is 12.6 Å². The second-order valence-electron chi connectivity index (χ2n) is 0.302. The van der Waals surface area contributed by atoms with Crippen molar-refractivity contribution >= 4 is 12.6 Å². The fourth-order valence-electron chi connectivity index (χ4n) is 0. The van der Waals surface area contributed by atoms with E-state index in [1.165, 1.54) is 0 Å². The zero-order valence-corrected chi connectivity index (χ0v) is 2.88. The number of hydrogen-bond donors (Lipinski definition) is 0. The lowest BCUT2D eigenvalue weighted by molar-refractivity contribution is 1.50. The van der Waals surface area contributed by atoms with Gasteiger partial charge in [0, 0.05) is 6.07 Å². The Morgan fingerprint density at radius 1 is 2.00 bits per heavy atom. The van der Waals surface area contributed by atoms with Gasteiger partial charge in [0.2, 0.25) is 0 Å². The summed E-state index contributed by atoms with van der Waals surface area (Å²) in [4.78, 5) is 0. The van der Waals surface area contributed by atoms with Crippen LogP contribution >= 0.6 is 0 Å². The lowest BCUT2D eigenvalue weighted by Crippen LogP contribution is -1.57. The van der Waals surface area contributed by atoms with Gasteiger partial charge < -0.3 is 12.6 Å². The molecule has 1 nitrogen and oxygen atoms in total. The molecule has 0 saturated heterocycles. The third-order valence-corrected chi connectivity index (χ3v) is 0.194. The first kappa shape index (κ1) is 3.84. The van der Waals surface area contributed by atoms with Gasteiger partial charge in [-0.3, -0.25) is 0 Å². The first-order valence-electron chi connectivity index (χ1n) is 0.866. The molecule has 22 valence electrons. The van der Waals surface area contributed by atoms with E-state index in [9.17, 15) is 0 Å². The van der Waals surface area contributed by atoms with E-state index in [0.29, 0.717) is 0 Å². The molecule has 0 unspecified atom stereocenters. The molecule has 2 heteroatoms. The normalized spacial score (nSPS) is 5.00. The van der Waals surface area contributed by atoms with Crippen molar-refractivity contribution in [2.45, 2.75) is 0 Å². The van der Waals surface area contributed by atoms with Gasteiger partial charge in [-0.1, -0.05) is 5.75 Å². The number of hydrogen-bond acceptors (Lipinski definition) is 2. The maximum atomic E-state index is 7.52. The van der Waals surface area contributed by atoms with Crippen LogP contribution < -0.4 is 0 Å². The highest BCUT2D eigenvalue weighted by Gasteiger charge is 1.33. The highest BCUT2D eigenvalue weighted by Crippen LogP contribution is 1.39. The van der Waals surface area contributed by atoms with Gasteiger partial charge in [-0.25, -0.2) is 5.26 Å². The van der Waals surface area contributed by atoms with E-state index < -0.39 is 0 Å². The molecule has 0 fully saturated rings. The largest absolute Gasteiger partial charge is 0.778 e. The van der Waals surface area contributed by atoms with Crippen LogP contribution in [0.3, 0.4) is 0 Å². The molecule has 0 spiro atoms. The van der Waals surface area contributed by atoms with Crippen LogP contribution in [0.1, 0.15) is 0 Å². The molecule has 0 N–H and O–H groups in total. The van der Waals surface area contributed by atoms with Gasteiger partial charge in [0.05, 0.1) is 0 Å². The zero-order valence-electron chi connectivity index (χ0n) is 2.06. The summed E-state index contributed by atoms with van der Waals surface area (Å²) in [5.74, 6) is 0.208. The predicted molar refractivity (Wildman–Crippen MR) is 17.8 cm³/mol. The molecular weight excluding hydrogens is 70.1 g/mol. The van der Waals surface area contributed by atoms with Gasteiger partial charge in [-0.2, -0.15) is 0 Å². The van der Waals surface area contributed by atoms with Gasteiger partial charge in [-0.05, 0) is 0 Å². The van der Waals surface area contributed by atoms with Gasteiger partial charge in [0.15, 0.2) is 0 Å².